The van der Waals surface area contributed by atoms with Crippen LogP contribution in [0.3, 0.4) is 0 Å². The first-order chi connectivity index (χ1) is 10.6. The van der Waals surface area contributed by atoms with Crippen LogP contribution in [-0.2, 0) is 6.18 Å². The molecule has 120 valence electrons. The molecule has 0 aliphatic rings. The molecule has 0 N–H and O–H groups in total. The number of alkyl halides is 6. The summed E-state index contributed by atoms with van der Waals surface area (Å²) in [5.41, 5.74) is -1.98. The van der Waals surface area contributed by atoms with Crippen LogP contribution >= 0.6 is 0 Å². The quantitative estimate of drug-likeness (QED) is 0.714. The molecule has 8 heteroatoms. The molecule has 0 radical (unpaired) electrons. The second kappa shape index (κ2) is 5.83. The summed E-state index contributed by atoms with van der Waals surface area (Å²) < 4.78 is 79.4. The van der Waals surface area contributed by atoms with Gasteiger partial charge in [-0.15, -0.1) is 13.2 Å². The molecule has 2 nitrogen and oxygen atoms in total. The Morgan fingerprint density at radius 1 is 0.870 bits per heavy atom. The van der Waals surface area contributed by atoms with E-state index in [2.05, 4.69) is 4.74 Å². The van der Waals surface area contributed by atoms with E-state index in [1.54, 1.807) is 0 Å². The summed E-state index contributed by atoms with van der Waals surface area (Å²) in [6.07, 6.45) is -9.66. The van der Waals surface area contributed by atoms with Crippen LogP contribution in [0.4, 0.5) is 26.3 Å². The second-order valence-electron chi connectivity index (χ2n) is 4.41. The van der Waals surface area contributed by atoms with E-state index in [1.165, 1.54) is 12.1 Å². The van der Waals surface area contributed by atoms with Crippen molar-refractivity contribution in [2.75, 3.05) is 0 Å². The Morgan fingerprint density at radius 3 is 1.96 bits per heavy atom. The van der Waals surface area contributed by atoms with Crippen LogP contribution in [0, 0.1) is 11.3 Å². The van der Waals surface area contributed by atoms with Gasteiger partial charge in [-0.25, -0.2) is 0 Å². The lowest BCUT2D eigenvalue weighted by Gasteiger charge is -2.15. The van der Waals surface area contributed by atoms with E-state index < -0.39 is 29.4 Å². The van der Waals surface area contributed by atoms with Crippen LogP contribution in [0.25, 0.3) is 11.1 Å². The van der Waals surface area contributed by atoms with Crippen molar-refractivity contribution >= 4 is 0 Å². The molecule has 0 bridgehead atoms. The van der Waals surface area contributed by atoms with Crippen molar-refractivity contribution in [3.63, 3.8) is 0 Å². The molecule has 0 unspecified atom stereocenters. The van der Waals surface area contributed by atoms with Crippen LogP contribution < -0.4 is 4.74 Å². The lowest BCUT2D eigenvalue weighted by Crippen LogP contribution is -2.17. The van der Waals surface area contributed by atoms with Gasteiger partial charge in [0.05, 0.1) is 17.2 Å². The molecule has 0 fully saturated rings. The first kappa shape index (κ1) is 16.7. The van der Waals surface area contributed by atoms with Crippen molar-refractivity contribution in [2.24, 2.45) is 0 Å². The Labute approximate surface area is 126 Å². The highest BCUT2D eigenvalue weighted by atomic mass is 19.4. The maximum absolute atomic E-state index is 13.2. The molecule has 2 aromatic rings. The van der Waals surface area contributed by atoms with Gasteiger partial charge in [0.2, 0.25) is 0 Å². The van der Waals surface area contributed by atoms with Crippen LogP contribution in [0.2, 0.25) is 0 Å². The number of nitrogens with zero attached hydrogens (tertiary/aromatic N) is 1. The topological polar surface area (TPSA) is 33.0 Å². The fourth-order valence-corrected chi connectivity index (χ4v) is 2.03. The first-order valence-corrected chi connectivity index (χ1v) is 6.08. The van der Waals surface area contributed by atoms with Gasteiger partial charge in [0.1, 0.15) is 5.75 Å². The smallest absolute Gasteiger partial charge is 0.406 e. The molecule has 0 amide bonds. The molecule has 0 heterocycles. The van der Waals surface area contributed by atoms with Crippen LogP contribution in [0.15, 0.2) is 42.5 Å². The Kier molecular flexibility index (Phi) is 4.23. The normalized spacial score (nSPS) is 11.9. The zero-order valence-electron chi connectivity index (χ0n) is 11.2. The predicted octanol–water partition coefficient (Wildman–Crippen LogP) is 5.14. The van der Waals surface area contributed by atoms with Gasteiger partial charge in [-0.1, -0.05) is 24.3 Å². The summed E-state index contributed by atoms with van der Waals surface area (Å²) in [7, 11) is 0. The van der Waals surface area contributed by atoms with Gasteiger partial charge in [-0.05, 0) is 29.3 Å². The number of rotatable bonds is 2. The third-order valence-corrected chi connectivity index (χ3v) is 2.87. The SMILES string of the molecule is N#Cc1cccc(-c2ccc(OC(F)(F)F)cc2)c1C(F)(F)F. The first-order valence-electron chi connectivity index (χ1n) is 6.08. The van der Waals surface area contributed by atoms with Crippen molar-refractivity contribution in [2.45, 2.75) is 12.5 Å². The van der Waals surface area contributed by atoms with Crippen molar-refractivity contribution < 1.29 is 31.1 Å². The fourth-order valence-electron chi connectivity index (χ4n) is 2.03. The highest BCUT2D eigenvalue weighted by Crippen LogP contribution is 2.39. The van der Waals surface area contributed by atoms with Gasteiger partial charge >= 0.3 is 12.5 Å². The molecular weight excluding hydrogens is 324 g/mol. The number of hydrogen-bond donors (Lipinski definition) is 0. The highest BCUT2D eigenvalue weighted by Gasteiger charge is 2.36. The van der Waals surface area contributed by atoms with Crippen molar-refractivity contribution in [3.05, 3.63) is 53.6 Å². The van der Waals surface area contributed by atoms with E-state index in [4.69, 9.17) is 5.26 Å². The Hall–Kier alpha value is -2.69. The Bertz CT molecular complexity index is 741. The average molecular weight is 331 g/mol. The van der Waals surface area contributed by atoms with Gasteiger partial charge in [-0.3, -0.25) is 0 Å². The fraction of sp³-hybridized carbons (Fsp3) is 0.133. The van der Waals surface area contributed by atoms with Gasteiger partial charge in [0.25, 0.3) is 0 Å². The second-order valence-corrected chi connectivity index (χ2v) is 4.41. The number of nitriles is 1. The number of ether oxygens (including phenoxy) is 1. The summed E-state index contributed by atoms with van der Waals surface area (Å²) in [4.78, 5) is 0. The Morgan fingerprint density at radius 2 is 1.48 bits per heavy atom. The molecule has 0 saturated heterocycles. The van der Waals surface area contributed by atoms with Gasteiger partial charge in [0.15, 0.2) is 0 Å². The third kappa shape index (κ3) is 3.94. The van der Waals surface area contributed by atoms with Crippen LogP contribution in [0.1, 0.15) is 11.1 Å². The number of benzene rings is 2. The largest absolute Gasteiger partial charge is 0.573 e. The van der Waals surface area contributed by atoms with E-state index in [1.807, 2.05) is 0 Å². The number of hydrogen-bond acceptors (Lipinski definition) is 2. The maximum Gasteiger partial charge on any atom is 0.573 e. The Balaban J connectivity index is 2.49. The average Bonchev–Trinajstić information content (AvgIpc) is 2.44. The van der Waals surface area contributed by atoms with Gasteiger partial charge < -0.3 is 4.74 Å². The molecule has 0 atom stereocenters. The highest BCUT2D eigenvalue weighted by molar-refractivity contribution is 5.71. The summed E-state index contributed by atoms with van der Waals surface area (Å²) in [5.74, 6) is -0.550. The van der Waals surface area contributed by atoms with Gasteiger partial charge in [-0.2, -0.15) is 18.4 Å². The summed E-state index contributed by atoms with van der Waals surface area (Å²) in [6, 6.07) is 8.83. The predicted molar refractivity (Wildman–Crippen MR) is 68.3 cm³/mol. The van der Waals surface area contributed by atoms with E-state index in [-0.39, 0.29) is 11.1 Å². The maximum atomic E-state index is 13.2. The molecule has 2 aromatic carbocycles. The molecular formula is C15H7F6NO. The van der Waals surface area contributed by atoms with Crippen molar-refractivity contribution in [1.29, 1.82) is 5.26 Å². The lowest BCUT2D eigenvalue weighted by atomic mass is 9.95. The molecule has 2 rings (SSSR count). The van der Waals surface area contributed by atoms with E-state index in [0.29, 0.717) is 0 Å². The minimum absolute atomic E-state index is 0.0175. The summed E-state index contributed by atoms with van der Waals surface area (Å²) in [5, 5.41) is 8.83. The zero-order valence-corrected chi connectivity index (χ0v) is 11.2. The van der Waals surface area contributed by atoms with E-state index in [0.717, 1.165) is 36.4 Å². The van der Waals surface area contributed by atoms with Crippen molar-refractivity contribution in [3.8, 4) is 22.9 Å². The summed E-state index contributed by atoms with van der Waals surface area (Å²) >= 11 is 0. The molecule has 0 saturated carbocycles. The third-order valence-electron chi connectivity index (χ3n) is 2.87. The van der Waals surface area contributed by atoms with Crippen LogP contribution in [0.5, 0.6) is 5.75 Å². The van der Waals surface area contributed by atoms with E-state index in [9.17, 15) is 26.3 Å². The van der Waals surface area contributed by atoms with Crippen molar-refractivity contribution in [1.82, 2.24) is 0 Å². The minimum atomic E-state index is -4.89. The van der Waals surface area contributed by atoms with Crippen LogP contribution in [-0.4, -0.2) is 6.36 Å². The van der Waals surface area contributed by atoms with E-state index >= 15 is 0 Å². The standard InChI is InChI=1S/C15H7F6NO/c16-14(17,18)13-10(8-22)2-1-3-12(13)9-4-6-11(7-5-9)23-15(19,20)21/h1-7H. The molecule has 0 aromatic heterocycles. The summed E-state index contributed by atoms with van der Waals surface area (Å²) in [6.45, 7) is 0. The molecule has 0 aliphatic carbocycles. The number of halogens is 6. The molecule has 0 aliphatic heterocycles. The zero-order chi connectivity index (χ0) is 17.3. The monoisotopic (exact) mass is 331 g/mol. The molecule has 23 heavy (non-hydrogen) atoms. The van der Waals surface area contributed by atoms with Gasteiger partial charge in [0, 0.05) is 0 Å². The minimum Gasteiger partial charge on any atom is -0.406 e. The molecule has 0 spiro atoms. The lowest BCUT2D eigenvalue weighted by molar-refractivity contribution is -0.274.